The number of hydrogen-bond acceptors (Lipinski definition) is 3. The maximum atomic E-state index is 12.4. The van der Waals surface area contributed by atoms with E-state index in [-0.39, 0.29) is 18.6 Å². The van der Waals surface area contributed by atoms with Gasteiger partial charge in [-0.25, -0.2) is 4.98 Å². The lowest BCUT2D eigenvalue weighted by Crippen LogP contribution is -2.34. The van der Waals surface area contributed by atoms with Gasteiger partial charge in [-0.2, -0.15) is 0 Å². The Hall–Kier alpha value is -2.01. The number of aromatic amines is 1. The zero-order chi connectivity index (χ0) is 15.5. The Kier molecular flexibility index (Phi) is 4.34. The number of likely N-dealkylation sites (tertiary alicyclic amines) is 1. The van der Waals surface area contributed by atoms with Crippen molar-refractivity contribution in [1.29, 1.82) is 0 Å². The molecule has 1 aromatic carbocycles. The average molecular weight is 320 g/mol. The van der Waals surface area contributed by atoms with Crippen LogP contribution in [0.3, 0.4) is 0 Å². The summed E-state index contributed by atoms with van der Waals surface area (Å²) in [5, 5.41) is 0.509. The molecule has 1 amide bonds. The van der Waals surface area contributed by atoms with Gasteiger partial charge in [0.1, 0.15) is 11.6 Å². The SMILES string of the molecule is Cc1cnc(C2CCCN2C(=O)COc2ccccc2Cl)[nH]1. The third-order valence-electron chi connectivity index (χ3n) is 3.80. The number of hydrogen-bond donors (Lipinski definition) is 1. The minimum absolute atomic E-state index is 0.0102. The number of para-hydroxylation sites is 1. The summed E-state index contributed by atoms with van der Waals surface area (Å²) in [6.45, 7) is 2.67. The van der Waals surface area contributed by atoms with Gasteiger partial charge in [0.05, 0.1) is 11.1 Å². The highest BCUT2D eigenvalue weighted by Crippen LogP contribution is 2.30. The highest BCUT2D eigenvalue weighted by Gasteiger charge is 2.31. The molecule has 1 N–H and O–H groups in total. The monoisotopic (exact) mass is 319 g/mol. The molecule has 1 saturated heterocycles. The fraction of sp³-hybridized carbons (Fsp3) is 0.375. The number of amides is 1. The minimum atomic E-state index is -0.0449. The predicted molar refractivity (Wildman–Crippen MR) is 84.0 cm³/mol. The fourth-order valence-electron chi connectivity index (χ4n) is 2.74. The van der Waals surface area contributed by atoms with Crippen LogP contribution in [-0.2, 0) is 4.79 Å². The van der Waals surface area contributed by atoms with Crippen molar-refractivity contribution in [2.45, 2.75) is 25.8 Å². The summed E-state index contributed by atoms with van der Waals surface area (Å²) in [7, 11) is 0. The van der Waals surface area contributed by atoms with Gasteiger partial charge in [0.15, 0.2) is 6.61 Å². The van der Waals surface area contributed by atoms with Crippen LogP contribution in [0.15, 0.2) is 30.5 Å². The normalized spacial score (nSPS) is 17.7. The van der Waals surface area contributed by atoms with E-state index < -0.39 is 0 Å². The van der Waals surface area contributed by atoms with Gasteiger partial charge in [-0.15, -0.1) is 0 Å². The van der Waals surface area contributed by atoms with Crippen LogP contribution in [0, 0.1) is 6.92 Å². The molecule has 0 spiro atoms. The Morgan fingerprint density at radius 3 is 3.05 bits per heavy atom. The Morgan fingerprint density at radius 1 is 1.50 bits per heavy atom. The fourth-order valence-corrected chi connectivity index (χ4v) is 2.93. The molecule has 1 unspecified atom stereocenters. The first kappa shape index (κ1) is 14.9. The number of H-pyrrole nitrogens is 1. The van der Waals surface area contributed by atoms with Crippen LogP contribution in [0.1, 0.15) is 30.4 Å². The minimum Gasteiger partial charge on any atom is -0.482 e. The highest BCUT2D eigenvalue weighted by atomic mass is 35.5. The molecule has 3 rings (SSSR count). The number of carbonyl (C=O) groups excluding carboxylic acids is 1. The Balaban J connectivity index is 1.65. The van der Waals surface area contributed by atoms with Crippen LogP contribution in [0.4, 0.5) is 0 Å². The van der Waals surface area contributed by atoms with Crippen molar-refractivity contribution in [3.05, 3.63) is 47.0 Å². The maximum Gasteiger partial charge on any atom is 0.261 e. The summed E-state index contributed by atoms with van der Waals surface area (Å²) in [4.78, 5) is 21.8. The van der Waals surface area contributed by atoms with Crippen molar-refractivity contribution >= 4 is 17.5 Å². The highest BCUT2D eigenvalue weighted by molar-refractivity contribution is 6.32. The van der Waals surface area contributed by atoms with Gasteiger partial charge in [-0.3, -0.25) is 4.79 Å². The summed E-state index contributed by atoms with van der Waals surface area (Å²) in [5.74, 6) is 1.33. The third kappa shape index (κ3) is 3.09. The number of halogens is 1. The zero-order valence-electron chi connectivity index (χ0n) is 12.4. The van der Waals surface area contributed by atoms with E-state index in [0.29, 0.717) is 10.8 Å². The van der Waals surface area contributed by atoms with Crippen LogP contribution >= 0.6 is 11.6 Å². The van der Waals surface area contributed by atoms with Gasteiger partial charge in [0, 0.05) is 18.4 Å². The lowest BCUT2D eigenvalue weighted by molar-refractivity contribution is -0.134. The van der Waals surface area contributed by atoms with E-state index in [0.717, 1.165) is 30.9 Å². The van der Waals surface area contributed by atoms with Crippen molar-refractivity contribution in [3.63, 3.8) is 0 Å². The van der Waals surface area contributed by atoms with Crippen molar-refractivity contribution < 1.29 is 9.53 Å². The summed E-state index contributed by atoms with van der Waals surface area (Å²) in [5.41, 5.74) is 1.00. The van der Waals surface area contributed by atoms with E-state index in [4.69, 9.17) is 16.3 Å². The smallest absolute Gasteiger partial charge is 0.261 e. The largest absolute Gasteiger partial charge is 0.482 e. The number of benzene rings is 1. The molecule has 116 valence electrons. The van der Waals surface area contributed by atoms with E-state index in [2.05, 4.69) is 9.97 Å². The summed E-state index contributed by atoms with van der Waals surface area (Å²) >= 11 is 6.03. The molecule has 0 radical (unpaired) electrons. The van der Waals surface area contributed by atoms with Gasteiger partial charge >= 0.3 is 0 Å². The topological polar surface area (TPSA) is 58.2 Å². The Bertz CT molecular complexity index is 671. The van der Waals surface area contributed by atoms with Crippen molar-refractivity contribution in [2.24, 2.45) is 0 Å². The molecule has 1 aromatic heterocycles. The number of imidazole rings is 1. The van der Waals surface area contributed by atoms with Gasteiger partial charge < -0.3 is 14.6 Å². The number of ether oxygens (including phenoxy) is 1. The number of aryl methyl sites for hydroxylation is 1. The molecule has 2 aromatic rings. The van der Waals surface area contributed by atoms with E-state index in [1.807, 2.05) is 24.0 Å². The number of carbonyl (C=O) groups is 1. The lowest BCUT2D eigenvalue weighted by atomic mass is 10.2. The van der Waals surface area contributed by atoms with Crippen molar-refractivity contribution in [2.75, 3.05) is 13.2 Å². The Morgan fingerprint density at radius 2 is 2.32 bits per heavy atom. The first-order chi connectivity index (χ1) is 10.6. The number of nitrogens with zero attached hydrogens (tertiary/aromatic N) is 2. The second-order valence-electron chi connectivity index (χ2n) is 5.42. The van der Waals surface area contributed by atoms with E-state index >= 15 is 0 Å². The van der Waals surface area contributed by atoms with Gasteiger partial charge in [-0.05, 0) is 31.9 Å². The van der Waals surface area contributed by atoms with E-state index in [1.165, 1.54) is 0 Å². The molecule has 1 aliphatic rings. The van der Waals surface area contributed by atoms with Crippen LogP contribution < -0.4 is 4.74 Å². The lowest BCUT2D eigenvalue weighted by Gasteiger charge is -2.23. The van der Waals surface area contributed by atoms with Crippen LogP contribution in [-0.4, -0.2) is 33.9 Å². The molecule has 1 atom stereocenters. The molecule has 0 aliphatic carbocycles. The average Bonchev–Trinajstić information content (AvgIpc) is 3.14. The van der Waals surface area contributed by atoms with E-state index in [9.17, 15) is 4.79 Å². The molecule has 1 aliphatic heterocycles. The van der Waals surface area contributed by atoms with Gasteiger partial charge in [0.25, 0.3) is 5.91 Å². The van der Waals surface area contributed by atoms with Gasteiger partial charge in [0.2, 0.25) is 0 Å². The number of nitrogens with one attached hydrogen (secondary N) is 1. The molecular weight excluding hydrogens is 302 g/mol. The zero-order valence-corrected chi connectivity index (χ0v) is 13.1. The maximum absolute atomic E-state index is 12.4. The summed E-state index contributed by atoms with van der Waals surface area (Å²) in [6, 6.07) is 7.16. The molecule has 0 bridgehead atoms. The standard InChI is InChI=1S/C16H18ClN3O2/c1-11-9-18-16(19-11)13-6-4-8-20(13)15(21)10-22-14-7-3-2-5-12(14)17/h2-3,5,7,9,13H,4,6,8,10H2,1H3,(H,18,19). The van der Waals surface area contributed by atoms with Crippen LogP contribution in [0.5, 0.6) is 5.75 Å². The molecule has 22 heavy (non-hydrogen) atoms. The third-order valence-corrected chi connectivity index (χ3v) is 4.11. The van der Waals surface area contributed by atoms with E-state index in [1.54, 1.807) is 18.3 Å². The Labute approximate surface area is 134 Å². The first-order valence-corrected chi connectivity index (χ1v) is 7.71. The molecule has 0 saturated carbocycles. The predicted octanol–water partition coefficient (Wildman–Crippen LogP) is 3.11. The molecule has 6 heteroatoms. The second-order valence-corrected chi connectivity index (χ2v) is 5.82. The first-order valence-electron chi connectivity index (χ1n) is 7.33. The van der Waals surface area contributed by atoms with Crippen molar-refractivity contribution in [1.82, 2.24) is 14.9 Å². The van der Waals surface area contributed by atoms with Crippen LogP contribution in [0.2, 0.25) is 5.02 Å². The quantitative estimate of drug-likeness (QED) is 0.942. The molecular formula is C16H18ClN3O2. The van der Waals surface area contributed by atoms with Gasteiger partial charge in [-0.1, -0.05) is 23.7 Å². The number of aromatic nitrogens is 2. The molecule has 1 fully saturated rings. The van der Waals surface area contributed by atoms with Crippen LogP contribution in [0.25, 0.3) is 0 Å². The number of rotatable bonds is 4. The molecule has 5 nitrogen and oxygen atoms in total. The molecule has 2 heterocycles. The summed E-state index contributed by atoms with van der Waals surface area (Å²) in [6.07, 6.45) is 3.68. The second kappa shape index (κ2) is 6.40. The summed E-state index contributed by atoms with van der Waals surface area (Å²) < 4.78 is 5.55. The van der Waals surface area contributed by atoms with Crippen molar-refractivity contribution in [3.8, 4) is 5.75 Å².